The van der Waals surface area contributed by atoms with Gasteiger partial charge in [0.05, 0.1) is 6.16 Å². The highest BCUT2D eigenvalue weighted by Gasteiger charge is 2.59. The third-order valence-corrected chi connectivity index (χ3v) is 11.3. The monoisotopic (exact) mass is 453 g/mol. The molecule has 178 valence electrons. The van der Waals surface area contributed by atoms with Crippen LogP contribution in [0.3, 0.4) is 0 Å². The SMILES string of the molecule is CC12CCCCC1CCC1C2CCC2(C)C(CCCC(=O)NCCP(=O)(O)O)CCC12. The maximum absolute atomic E-state index is 12.1. The molecule has 31 heavy (non-hydrogen) atoms. The maximum Gasteiger partial charge on any atom is 0.327 e. The van der Waals surface area contributed by atoms with Crippen LogP contribution in [-0.2, 0) is 9.36 Å². The molecule has 0 aromatic heterocycles. The number of rotatable bonds is 7. The predicted molar refractivity (Wildman–Crippen MR) is 124 cm³/mol. The van der Waals surface area contributed by atoms with E-state index in [0.717, 1.165) is 42.4 Å². The van der Waals surface area contributed by atoms with Gasteiger partial charge in [-0.05, 0) is 105 Å². The second kappa shape index (κ2) is 9.11. The summed E-state index contributed by atoms with van der Waals surface area (Å²) < 4.78 is 10.9. The van der Waals surface area contributed by atoms with Crippen molar-refractivity contribution in [2.45, 2.75) is 97.3 Å². The number of nitrogens with one attached hydrogen (secondary N) is 1. The van der Waals surface area contributed by atoms with Crippen LogP contribution in [0.4, 0.5) is 0 Å². The van der Waals surface area contributed by atoms with E-state index >= 15 is 0 Å². The number of hydrogen-bond acceptors (Lipinski definition) is 2. The van der Waals surface area contributed by atoms with E-state index in [1.165, 1.54) is 64.2 Å². The molecule has 4 aliphatic rings. The van der Waals surface area contributed by atoms with E-state index in [4.69, 9.17) is 9.79 Å². The van der Waals surface area contributed by atoms with E-state index in [9.17, 15) is 9.36 Å². The van der Waals surface area contributed by atoms with Gasteiger partial charge in [-0.1, -0.05) is 26.7 Å². The summed E-state index contributed by atoms with van der Waals surface area (Å²) in [6.45, 7) is 5.28. The van der Waals surface area contributed by atoms with Crippen molar-refractivity contribution < 1.29 is 19.1 Å². The Hall–Kier alpha value is -0.380. The number of fused-ring (bicyclic) bond motifs is 5. The molecule has 0 aliphatic heterocycles. The third kappa shape index (κ3) is 4.80. The van der Waals surface area contributed by atoms with Crippen LogP contribution in [0.2, 0.25) is 0 Å². The van der Waals surface area contributed by atoms with Crippen molar-refractivity contribution in [1.29, 1.82) is 0 Å². The summed E-state index contributed by atoms with van der Waals surface area (Å²) in [4.78, 5) is 29.9. The molecule has 0 radical (unpaired) electrons. The minimum absolute atomic E-state index is 0.0646. The first-order chi connectivity index (χ1) is 14.6. The van der Waals surface area contributed by atoms with Crippen molar-refractivity contribution in [3.05, 3.63) is 0 Å². The Balaban J connectivity index is 1.30. The second-order valence-electron chi connectivity index (χ2n) is 11.9. The molecule has 7 atom stereocenters. The van der Waals surface area contributed by atoms with Crippen LogP contribution in [-0.4, -0.2) is 28.4 Å². The molecule has 6 heteroatoms. The number of carbonyl (C=O) groups excluding carboxylic acids is 1. The van der Waals surface area contributed by atoms with E-state index in [-0.39, 0.29) is 18.6 Å². The Labute approximate surface area is 188 Å². The van der Waals surface area contributed by atoms with Gasteiger partial charge in [0.2, 0.25) is 5.91 Å². The van der Waals surface area contributed by atoms with E-state index in [1.807, 2.05) is 0 Å². The van der Waals surface area contributed by atoms with Crippen molar-refractivity contribution >= 4 is 13.5 Å². The first kappa shape index (κ1) is 23.8. The molecule has 4 rings (SSSR count). The molecule has 0 spiro atoms. The number of carbonyl (C=O) groups is 1. The zero-order valence-corrected chi connectivity index (χ0v) is 20.5. The second-order valence-corrected chi connectivity index (χ2v) is 13.6. The van der Waals surface area contributed by atoms with Crippen LogP contribution in [0.25, 0.3) is 0 Å². The molecule has 4 saturated carbocycles. The van der Waals surface area contributed by atoms with Gasteiger partial charge in [-0.3, -0.25) is 9.36 Å². The van der Waals surface area contributed by atoms with Gasteiger partial charge in [-0.25, -0.2) is 0 Å². The van der Waals surface area contributed by atoms with Crippen molar-refractivity contribution in [2.24, 2.45) is 40.4 Å². The van der Waals surface area contributed by atoms with Crippen molar-refractivity contribution in [3.8, 4) is 0 Å². The number of amides is 1. The predicted octanol–water partition coefficient (Wildman–Crippen LogP) is 5.50. The van der Waals surface area contributed by atoms with E-state index in [1.54, 1.807) is 0 Å². The van der Waals surface area contributed by atoms with Crippen molar-refractivity contribution in [2.75, 3.05) is 12.7 Å². The fraction of sp³-hybridized carbons (Fsp3) is 0.960. The lowest BCUT2D eigenvalue weighted by Crippen LogP contribution is -2.52. The zero-order chi connectivity index (χ0) is 22.3. The van der Waals surface area contributed by atoms with Crippen LogP contribution in [0, 0.1) is 40.4 Å². The molecule has 7 unspecified atom stereocenters. The fourth-order valence-electron chi connectivity index (χ4n) is 8.82. The Morgan fingerprint density at radius 1 is 0.968 bits per heavy atom. The Kier molecular flexibility index (Phi) is 6.98. The van der Waals surface area contributed by atoms with Gasteiger partial charge < -0.3 is 15.1 Å². The fourth-order valence-corrected chi connectivity index (χ4v) is 9.22. The molecule has 0 heterocycles. The quantitative estimate of drug-likeness (QED) is 0.444. The number of hydrogen-bond donors (Lipinski definition) is 3. The molecule has 3 N–H and O–H groups in total. The summed E-state index contributed by atoms with van der Waals surface area (Å²) in [7, 11) is -4.03. The molecule has 0 aromatic carbocycles. The van der Waals surface area contributed by atoms with E-state index < -0.39 is 7.60 Å². The molecule has 4 aliphatic carbocycles. The molecule has 0 aromatic rings. The maximum atomic E-state index is 12.1. The lowest BCUT2D eigenvalue weighted by atomic mass is 9.45. The van der Waals surface area contributed by atoms with E-state index in [0.29, 0.717) is 17.3 Å². The largest absolute Gasteiger partial charge is 0.355 e. The van der Waals surface area contributed by atoms with Gasteiger partial charge in [0.15, 0.2) is 0 Å². The Morgan fingerprint density at radius 3 is 2.52 bits per heavy atom. The Morgan fingerprint density at radius 2 is 1.74 bits per heavy atom. The molecular formula is C25H44NO4P. The minimum Gasteiger partial charge on any atom is -0.355 e. The summed E-state index contributed by atoms with van der Waals surface area (Å²) in [5.41, 5.74) is 1.06. The van der Waals surface area contributed by atoms with E-state index in [2.05, 4.69) is 19.2 Å². The first-order valence-electron chi connectivity index (χ1n) is 12.9. The van der Waals surface area contributed by atoms with Crippen molar-refractivity contribution in [3.63, 3.8) is 0 Å². The molecule has 0 saturated heterocycles. The first-order valence-corrected chi connectivity index (χ1v) is 14.7. The van der Waals surface area contributed by atoms with Gasteiger partial charge in [-0.15, -0.1) is 0 Å². The van der Waals surface area contributed by atoms with Crippen LogP contribution in [0.1, 0.15) is 97.3 Å². The highest BCUT2D eigenvalue weighted by molar-refractivity contribution is 7.51. The smallest absolute Gasteiger partial charge is 0.327 e. The molecule has 4 fully saturated rings. The summed E-state index contributed by atoms with van der Waals surface area (Å²) in [6, 6.07) is 0. The lowest BCUT2D eigenvalue weighted by Gasteiger charge is -2.60. The molecule has 1 amide bonds. The summed E-state index contributed by atoms with van der Waals surface area (Å²) in [5.74, 6) is 4.40. The molecule has 5 nitrogen and oxygen atoms in total. The zero-order valence-electron chi connectivity index (χ0n) is 19.7. The van der Waals surface area contributed by atoms with Crippen LogP contribution in [0.5, 0.6) is 0 Å². The summed E-state index contributed by atoms with van der Waals surface area (Å²) in [6.07, 6.45) is 16.5. The standard InChI is InChI=1S/C25H44NO4P/c1-24-14-4-3-6-18(24)9-11-20-21-12-10-19(25(21,2)15-13-22(20)24)7-5-8-23(27)26-16-17-31(28,29)30/h18-22H,3-17H2,1-2H3,(H,26,27)(H2,28,29,30). The Bertz CT molecular complexity index is 708. The lowest BCUT2D eigenvalue weighted by molar-refractivity contribution is -0.121. The summed E-state index contributed by atoms with van der Waals surface area (Å²) in [5, 5.41) is 2.67. The topological polar surface area (TPSA) is 86.6 Å². The highest BCUT2D eigenvalue weighted by Crippen LogP contribution is 2.67. The van der Waals surface area contributed by atoms with Gasteiger partial charge >= 0.3 is 7.60 Å². The normalized spacial score (nSPS) is 42.4. The average Bonchev–Trinajstić information content (AvgIpc) is 3.03. The van der Waals surface area contributed by atoms with Crippen LogP contribution >= 0.6 is 7.60 Å². The summed E-state index contributed by atoms with van der Waals surface area (Å²) >= 11 is 0. The van der Waals surface area contributed by atoms with Crippen LogP contribution in [0.15, 0.2) is 0 Å². The van der Waals surface area contributed by atoms with Gasteiger partial charge in [-0.2, -0.15) is 0 Å². The van der Waals surface area contributed by atoms with Gasteiger partial charge in [0.1, 0.15) is 0 Å². The van der Waals surface area contributed by atoms with Gasteiger partial charge in [0, 0.05) is 13.0 Å². The third-order valence-electron chi connectivity index (χ3n) is 10.5. The molecular weight excluding hydrogens is 409 g/mol. The van der Waals surface area contributed by atoms with Crippen molar-refractivity contribution in [1.82, 2.24) is 5.32 Å². The average molecular weight is 454 g/mol. The molecule has 0 bridgehead atoms. The van der Waals surface area contributed by atoms with Gasteiger partial charge in [0.25, 0.3) is 0 Å². The minimum atomic E-state index is -4.03. The van der Waals surface area contributed by atoms with Crippen LogP contribution < -0.4 is 5.32 Å². The highest BCUT2D eigenvalue weighted by atomic mass is 31.2.